The van der Waals surface area contributed by atoms with Gasteiger partial charge in [0.05, 0.1) is 18.1 Å². The van der Waals surface area contributed by atoms with Gasteiger partial charge < -0.3 is 13.9 Å². The minimum absolute atomic E-state index is 0.0414. The van der Waals surface area contributed by atoms with Crippen LogP contribution >= 0.6 is 11.6 Å². The summed E-state index contributed by atoms with van der Waals surface area (Å²) in [5.41, 5.74) is 2.65. The first-order valence-electron chi connectivity index (χ1n) is 10.8. The molecule has 4 rings (SSSR count). The predicted molar refractivity (Wildman–Crippen MR) is 134 cm³/mol. The van der Waals surface area contributed by atoms with Crippen LogP contribution in [0.5, 0.6) is 11.5 Å². The quantitative estimate of drug-likeness (QED) is 0.298. The minimum atomic E-state index is -0.680. The normalized spacial score (nSPS) is 11.5. The van der Waals surface area contributed by atoms with Crippen LogP contribution in [-0.2, 0) is 5.41 Å². The number of methoxy groups -OCH3 is 1. The number of carbonyl (C=O) groups is 1. The molecular weight excluding hydrogens is 452 g/mol. The monoisotopic (exact) mass is 476 g/mol. The van der Waals surface area contributed by atoms with Crippen molar-refractivity contribution in [3.05, 3.63) is 92.6 Å². The lowest BCUT2D eigenvalue weighted by Gasteiger charge is -2.19. The third kappa shape index (κ3) is 4.57. The fourth-order valence-corrected chi connectivity index (χ4v) is 3.75. The van der Waals surface area contributed by atoms with Gasteiger partial charge >= 0.3 is 5.97 Å². The zero-order chi connectivity index (χ0) is 24.6. The molecule has 6 heteroatoms. The third-order valence-corrected chi connectivity index (χ3v) is 6.07. The SMILES string of the molecule is COc1ccc(C(=O)Oc2c(-c3ccc(C(C)(C)C)cc3)oc3cc(C)c(Cl)cc3c2=O)cc1. The Kier molecular flexibility index (Phi) is 6.24. The molecule has 0 fully saturated rings. The number of hydrogen-bond acceptors (Lipinski definition) is 5. The van der Waals surface area contributed by atoms with Crippen LogP contribution in [0.3, 0.4) is 0 Å². The first kappa shape index (κ1) is 23.6. The molecule has 0 radical (unpaired) electrons. The minimum Gasteiger partial charge on any atom is -0.497 e. The molecule has 1 heterocycles. The summed E-state index contributed by atoms with van der Waals surface area (Å²) in [6.07, 6.45) is 0. The van der Waals surface area contributed by atoms with Crippen LogP contribution in [0.1, 0.15) is 42.3 Å². The van der Waals surface area contributed by atoms with E-state index in [0.29, 0.717) is 21.9 Å². The summed E-state index contributed by atoms with van der Waals surface area (Å²) in [6, 6.07) is 17.3. The van der Waals surface area contributed by atoms with Crippen molar-refractivity contribution < 1.29 is 18.7 Å². The Morgan fingerprint density at radius 1 is 0.971 bits per heavy atom. The van der Waals surface area contributed by atoms with E-state index in [1.54, 1.807) is 30.3 Å². The molecule has 0 spiro atoms. The molecule has 1 aromatic heterocycles. The lowest BCUT2D eigenvalue weighted by atomic mass is 9.86. The number of aryl methyl sites for hydroxylation is 1. The fourth-order valence-electron chi connectivity index (χ4n) is 3.58. The number of ether oxygens (including phenoxy) is 2. The number of halogens is 1. The van der Waals surface area contributed by atoms with Gasteiger partial charge in [-0.15, -0.1) is 0 Å². The van der Waals surface area contributed by atoms with E-state index in [4.69, 9.17) is 25.5 Å². The van der Waals surface area contributed by atoms with Gasteiger partial charge in [-0.1, -0.05) is 56.6 Å². The van der Waals surface area contributed by atoms with Crippen molar-refractivity contribution in [1.29, 1.82) is 0 Å². The Morgan fingerprint density at radius 3 is 2.21 bits per heavy atom. The average molecular weight is 477 g/mol. The molecule has 0 aliphatic rings. The van der Waals surface area contributed by atoms with E-state index in [9.17, 15) is 9.59 Å². The van der Waals surface area contributed by atoms with Crippen LogP contribution in [-0.4, -0.2) is 13.1 Å². The second-order valence-corrected chi connectivity index (χ2v) is 9.54. The fraction of sp³-hybridized carbons (Fsp3) is 0.214. The molecule has 34 heavy (non-hydrogen) atoms. The number of benzene rings is 3. The Labute approximate surface area is 202 Å². The van der Waals surface area contributed by atoms with Crippen molar-refractivity contribution in [2.75, 3.05) is 7.11 Å². The molecule has 0 amide bonds. The van der Waals surface area contributed by atoms with Gasteiger partial charge in [-0.2, -0.15) is 0 Å². The molecule has 0 atom stereocenters. The van der Waals surface area contributed by atoms with Crippen LogP contribution in [0.2, 0.25) is 5.02 Å². The summed E-state index contributed by atoms with van der Waals surface area (Å²) in [6.45, 7) is 8.18. The highest BCUT2D eigenvalue weighted by molar-refractivity contribution is 6.32. The maximum Gasteiger partial charge on any atom is 0.343 e. The van der Waals surface area contributed by atoms with Crippen molar-refractivity contribution in [3.63, 3.8) is 0 Å². The molecule has 0 aliphatic heterocycles. The summed E-state index contributed by atoms with van der Waals surface area (Å²) < 4.78 is 16.9. The highest BCUT2D eigenvalue weighted by Crippen LogP contribution is 2.34. The molecule has 0 saturated heterocycles. The number of carbonyl (C=O) groups excluding carboxylic acids is 1. The molecule has 0 saturated carbocycles. The maximum atomic E-state index is 13.5. The van der Waals surface area contributed by atoms with Crippen molar-refractivity contribution in [2.24, 2.45) is 0 Å². The lowest BCUT2D eigenvalue weighted by molar-refractivity contribution is 0.0731. The number of hydrogen-bond donors (Lipinski definition) is 0. The molecule has 0 N–H and O–H groups in total. The maximum absolute atomic E-state index is 13.5. The van der Waals surface area contributed by atoms with E-state index in [0.717, 1.165) is 11.1 Å². The first-order valence-corrected chi connectivity index (χ1v) is 11.2. The van der Waals surface area contributed by atoms with Gasteiger partial charge in [0.2, 0.25) is 11.2 Å². The van der Waals surface area contributed by atoms with Crippen molar-refractivity contribution in [1.82, 2.24) is 0 Å². The average Bonchev–Trinajstić information content (AvgIpc) is 2.81. The molecular formula is C28H25ClO5. The zero-order valence-electron chi connectivity index (χ0n) is 19.7. The van der Waals surface area contributed by atoms with Crippen LogP contribution in [0.15, 0.2) is 69.9 Å². The van der Waals surface area contributed by atoms with E-state index < -0.39 is 11.4 Å². The van der Waals surface area contributed by atoms with E-state index in [1.165, 1.54) is 13.2 Å². The molecule has 174 valence electrons. The number of esters is 1. The highest BCUT2D eigenvalue weighted by Gasteiger charge is 2.23. The van der Waals surface area contributed by atoms with Gasteiger partial charge in [-0.25, -0.2) is 4.79 Å². The van der Waals surface area contributed by atoms with E-state index in [1.807, 2.05) is 31.2 Å². The Balaban J connectivity index is 1.87. The van der Waals surface area contributed by atoms with Crippen LogP contribution in [0, 0.1) is 6.92 Å². The first-order chi connectivity index (χ1) is 16.1. The second kappa shape index (κ2) is 8.99. The van der Waals surface area contributed by atoms with Crippen LogP contribution < -0.4 is 14.9 Å². The number of rotatable bonds is 4. The molecule has 4 aromatic rings. The van der Waals surface area contributed by atoms with Crippen molar-refractivity contribution in [3.8, 4) is 22.8 Å². The summed E-state index contributed by atoms with van der Waals surface area (Å²) >= 11 is 6.26. The van der Waals surface area contributed by atoms with Gasteiger partial charge in [0.15, 0.2) is 5.76 Å². The Morgan fingerprint density at radius 2 is 1.62 bits per heavy atom. The van der Waals surface area contributed by atoms with Crippen LogP contribution in [0.25, 0.3) is 22.3 Å². The molecule has 0 aliphatic carbocycles. The molecule has 0 bridgehead atoms. The standard InChI is InChI=1S/C28H25ClO5/c1-16-14-23-21(15-22(16)29)24(30)26(34-27(31)18-8-12-20(32-5)13-9-18)25(33-23)17-6-10-19(11-7-17)28(2,3)4/h6-15H,1-5H3. The third-order valence-electron chi connectivity index (χ3n) is 5.66. The smallest absolute Gasteiger partial charge is 0.343 e. The number of fused-ring (bicyclic) bond motifs is 1. The lowest BCUT2D eigenvalue weighted by Crippen LogP contribution is -2.16. The second-order valence-electron chi connectivity index (χ2n) is 9.13. The van der Waals surface area contributed by atoms with Gasteiger partial charge in [0, 0.05) is 10.6 Å². The van der Waals surface area contributed by atoms with Gasteiger partial charge in [-0.05, 0) is 59.9 Å². The molecule has 3 aromatic carbocycles. The summed E-state index contributed by atoms with van der Waals surface area (Å²) in [7, 11) is 1.54. The summed E-state index contributed by atoms with van der Waals surface area (Å²) in [5.74, 6) is -0.0789. The summed E-state index contributed by atoms with van der Waals surface area (Å²) in [4.78, 5) is 26.4. The zero-order valence-corrected chi connectivity index (χ0v) is 20.4. The molecule has 5 nitrogen and oxygen atoms in total. The Hall–Kier alpha value is -3.57. The van der Waals surface area contributed by atoms with Crippen molar-refractivity contribution >= 4 is 28.5 Å². The van der Waals surface area contributed by atoms with Gasteiger partial charge in [0.1, 0.15) is 11.3 Å². The van der Waals surface area contributed by atoms with Gasteiger partial charge in [0.25, 0.3) is 0 Å². The van der Waals surface area contributed by atoms with E-state index in [-0.39, 0.29) is 27.9 Å². The Bertz CT molecular complexity index is 1430. The summed E-state index contributed by atoms with van der Waals surface area (Å²) in [5, 5.41) is 0.665. The van der Waals surface area contributed by atoms with Gasteiger partial charge in [-0.3, -0.25) is 4.79 Å². The van der Waals surface area contributed by atoms with Crippen molar-refractivity contribution in [2.45, 2.75) is 33.1 Å². The van der Waals surface area contributed by atoms with E-state index >= 15 is 0 Å². The predicted octanol–water partition coefficient (Wildman–Crippen LogP) is 6.95. The van der Waals surface area contributed by atoms with Crippen LogP contribution in [0.4, 0.5) is 0 Å². The molecule has 0 unspecified atom stereocenters. The van der Waals surface area contributed by atoms with E-state index in [2.05, 4.69) is 20.8 Å². The largest absolute Gasteiger partial charge is 0.497 e. The topological polar surface area (TPSA) is 65.7 Å². The highest BCUT2D eigenvalue weighted by atomic mass is 35.5.